The van der Waals surface area contributed by atoms with Crippen LogP contribution in [-0.4, -0.2) is 71.1 Å². The highest BCUT2D eigenvalue weighted by molar-refractivity contribution is 8.26. The summed E-state index contributed by atoms with van der Waals surface area (Å²) in [7, 11) is 2.00. The molecule has 2 heterocycles. The molecule has 2 aliphatic heterocycles. The molecule has 2 aromatic rings. The van der Waals surface area contributed by atoms with Crippen LogP contribution in [-0.2, 0) is 16.1 Å². The van der Waals surface area contributed by atoms with Gasteiger partial charge in [-0.25, -0.2) is 0 Å². The molecule has 10 heteroatoms. The zero-order valence-corrected chi connectivity index (χ0v) is 24.1. The number of amides is 2. The predicted molar refractivity (Wildman–Crippen MR) is 161 cm³/mol. The smallest absolute Gasteiger partial charge is 0.255 e. The lowest BCUT2D eigenvalue weighted by molar-refractivity contribution is -0.128. The molecule has 9 nitrogen and oxygen atoms in total. The van der Waals surface area contributed by atoms with Gasteiger partial charge in [-0.2, -0.15) is 0 Å². The molecular formula is C30H39N5O4S. The third kappa shape index (κ3) is 7.59. The lowest BCUT2D eigenvalue weighted by atomic mass is 10.1. The third-order valence-corrected chi connectivity index (χ3v) is 8.01. The van der Waals surface area contributed by atoms with Crippen LogP contribution in [0.2, 0.25) is 0 Å². The van der Waals surface area contributed by atoms with E-state index in [4.69, 9.17) is 20.3 Å². The number of morpholine rings is 1. The van der Waals surface area contributed by atoms with Crippen LogP contribution in [0.4, 0.5) is 0 Å². The van der Waals surface area contributed by atoms with Crippen molar-refractivity contribution in [1.82, 2.24) is 15.1 Å². The first-order valence-corrected chi connectivity index (χ1v) is 14.3. The molecule has 2 saturated heterocycles. The van der Waals surface area contributed by atoms with E-state index in [2.05, 4.69) is 16.8 Å². The Morgan fingerprint density at radius 2 is 1.93 bits per heavy atom. The third-order valence-electron chi connectivity index (χ3n) is 6.87. The Bertz CT molecular complexity index is 1300. The summed E-state index contributed by atoms with van der Waals surface area (Å²) < 4.78 is 12.0. The van der Waals surface area contributed by atoms with Crippen molar-refractivity contribution < 1.29 is 20.5 Å². The lowest BCUT2D eigenvalue weighted by Gasteiger charge is -2.31. The van der Waals surface area contributed by atoms with Crippen molar-refractivity contribution in [3.05, 3.63) is 71.4 Å². The number of thioether (sulfide) groups is 1. The van der Waals surface area contributed by atoms with Crippen LogP contribution in [0.5, 0.6) is 11.5 Å². The highest BCUT2D eigenvalue weighted by Gasteiger charge is 2.24. The Balaban J connectivity index is 0.00000462. The van der Waals surface area contributed by atoms with Crippen molar-refractivity contribution in [3.63, 3.8) is 0 Å². The summed E-state index contributed by atoms with van der Waals surface area (Å²) in [5.41, 5.74) is 2.39. The molecule has 40 heavy (non-hydrogen) atoms. The maximum absolute atomic E-state index is 13.1. The van der Waals surface area contributed by atoms with Gasteiger partial charge in [-0.15, -0.1) is 0 Å². The number of carbonyl (C=O) groups excluding carboxylic acids is 2. The average Bonchev–Trinajstić information content (AvgIpc) is 3.33. The predicted octanol–water partition coefficient (Wildman–Crippen LogP) is 5.11. The molecule has 0 aliphatic carbocycles. The van der Waals surface area contributed by atoms with Crippen LogP contribution in [0.25, 0.3) is 0 Å². The van der Waals surface area contributed by atoms with Gasteiger partial charge in [0.05, 0.1) is 11.7 Å². The minimum Gasteiger partial charge on any atom is -0.457 e. The number of likely N-dealkylation sites (tertiary alicyclic amines) is 1. The van der Waals surface area contributed by atoms with Crippen molar-refractivity contribution in [3.8, 4) is 11.5 Å². The Morgan fingerprint density at radius 1 is 1.20 bits per heavy atom. The van der Waals surface area contributed by atoms with Crippen LogP contribution in [0, 0.1) is 16.7 Å². The molecule has 0 radical (unpaired) electrons. The van der Waals surface area contributed by atoms with Gasteiger partial charge in [-0.1, -0.05) is 38.3 Å². The zero-order valence-electron chi connectivity index (χ0n) is 23.3. The van der Waals surface area contributed by atoms with E-state index in [-0.39, 0.29) is 25.3 Å². The molecule has 0 saturated carbocycles. The number of rotatable bonds is 9. The molecule has 1 atom stereocenters. The monoisotopic (exact) mass is 565 g/mol. The second kappa shape index (κ2) is 13.3. The SMILES string of the molecule is C=C(NC(=O)c1ccc(CN2CCCC2=O)c(Oc2ccc(C(=N)SC(=N)C(C)C)cc2)c1)C1CN(C)CCO1.[HH]. The van der Waals surface area contributed by atoms with E-state index >= 15 is 0 Å². The summed E-state index contributed by atoms with van der Waals surface area (Å²) in [5.74, 6) is 0.866. The van der Waals surface area contributed by atoms with E-state index in [1.807, 2.05) is 27.0 Å². The quantitative estimate of drug-likeness (QED) is 0.287. The van der Waals surface area contributed by atoms with E-state index in [1.54, 1.807) is 41.3 Å². The molecule has 3 N–H and O–H groups in total. The highest BCUT2D eigenvalue weighted by atomic mass is 32.2. The highest BCUT2D eigenvalue weighted by Crippen LogP contribution is 2.30. The second-order valence-corrected chi connectivity index (χ2v) is 11.5. The number of hydrogen-bond acceptors (Lipinski definition) is 8. The Hall–Kier alpha value is -3.47. The summed E-state index contributed by atoms with van der Waals surface area (Å²) in [4.78, 5) is 29.4. The summed E-state index contributed by atoms with van der Waals surface area (Å²) in [6.07, 6.45) is 1.09. The average molecular weight is 566 g/mol. The molecule has 0 aromatic heterocycles. The molecule has 1 unspecified atom stereocenters. The van der Waals surface area contributed by atoms with Gasteiger partial charge in [0.2, 0.25) is 5.91 Å². The van der Waals surface area contributed by atoms with Gasteiger partial charge in [-0.3, -0.25) is 20.4 Å². The largest absolute Gasteiger partial charge is 0.457 e. The fraction of sp³-hybridized carbons (Fsp3) is 0.400. The molecule has 2 amide bonds. The summed E-state index contributed by atoms with van der Waals surface area (Å²) >= 11 is 1.14. The lowest BCUT2D eigenvalue weighted by Crippen LogP contribution is -2.44. The topological polar surface area (TPSA) is 119 Å². The maximum Gasteiger partial charge on any atom is 0.255 e. The van der Waals surface area contributed by atoms with Crippen LogP contribution >= 0.6 is 11.8 Å². The van der Waals surface area contributed by atoms with Crippen LogP contribution < -0.4 is 10.1 Å². The maximum atomic E-state index is 13.1. The molecule has 0 bridgehead atoms. The van der Waals surface area contributed by atoms with Gasteiger partial charge in [-0.05, 0) is 49.9 Å². The van der Waals surface area contributed by atoms with Crippen LogP contribution in [0.3, 0.4) is 0 Å². The molecular weight excluding hydrogens is 526 g/mol. The van der Waals surface area contributed by atoms with Crippen LogP contribution in [0.15, 0.2) is 54.7 Å². The fourth-order valence-electron chi connectivity index (χ4n) is 4.37. The normalized spacial score (nSPS) is 17.6. The Kier molecular flexibility index (Phi) is 9.78. The minimum absolute atomic E-state index is 0. The van der Waals surface area contributed by atoms with Crippen molar-refractivity contribution in [2.75, 3.05) is 33.3 Å². The van der Waals surface area contributed by atoms with Crippen molar-refractivity contribution in [2.24, 2.45) is 5.92 Å². The molecule has 2 fully saturated rings. The van der Waals surface area contributed by atoms with Gasteiger partial charge in [0, 0.05) is 62.3 Å². The summed E-state index contributed by atoms with van der Waals surface area (Å²) in [5, 5.41) is 20.0. The summed E-state index contributed by atoms with van der Waals surface area (Å²) in [6, 6.07) is 12.3. The van der Waals surface area contributed by atoms with Crippen molar-refractivity contribution in [1.29, 1.82) is 10.8 Å². The zero-order chi connectivity index (χ0) is 28.8. The summed E-state index contributed by atoms with van der Waals surface area (Å²) in [6.45, 7) is 11.0. The van der Waals surface area contributed by atoms with E-state index < -0.39 is 0 Å². The molecule has 4 rings (SSSR count). The fourth-order valence-corrected chi connectivity index (χ4v) is 5.08. The Labute approximate surface area is 241 Å². The first-order chi connectivity index (χ1) is 19.1. The minimum atomic E-state index is -0.316. The number of ether oxygens (including phenoxy) is 2. The first-order valence-electron chi connectivity index (χ1n) is 13.4. The number of likely N-dealkylation sites (N-methyl/N-ethyl adjacent to an activating group) is 1. The van der Waals surface area contributed by atoms with Crippen LogP contribution in [0.1, 0.15) is 49.6 Å². The van der Waals surface area contributed by atoms with E-state index in [1.165, 1.54) is 0 Å². The molecule has 0 spiro atoms. The Morgan fingerprint density at radius 3 is 2.58 bits per heavy atom. The van der Waals surface area contributed by atoms with E-state index in [0.29, 0.717) is 71.1 Å². The number of hydrogen-bond donors (Lipinski definition) is 3. The first kappa shape index (κ1) is 29.5. The van der Waals surface area contributed by atoms with E-state index in [9.17, 15) is 9.59 Å². The van der Waals surface area contributed by atoms with Gasteiger partial charge in [0.25, 0.3) is 5.91 Å². The van der Waals surface area contributed by atoms with Crippen molar-refractivity contribution >= 4 is 33.7 Å². The standard InChI is InChI=1S/C30H37N5O4S.H2/c1-19(2)28(31)40-29(32)21-9-11-24(12-10-21)39-25-16-22(7-8-23(25)17-35-13-5-6-27(35)36)30(37)33-20(3)26-18-34(4)14-15-38-26;/h7-12,16,19,26,31-32H,3,5-6,13-15,17-18H2,1-2,4H3,(H,33,37);1H. The van der Waals surface area contributed by atoms with Gasteiger partial charge in [0.1, 0.15) is 22.6 Å². The number of nitrogens with one attached hydrogen (secondary N) is 3. The second-order valence-electron chi connectivity index (χ2n) is 10.4. The molecule has 2 aliphatic rings. The number of carbonyl (C=O) groups is 2. The molecule has 214 valence electrons. The van der Waals surface area contributed by atoms with Gasteiger partial charge < -0.3 is 24.6 Å². The molecule has 2 aromatic carbocycles. The van der Waals surface area contributed by atoms with Gasteiger partial charge >= 0.3 is 0 Å². The van der Waals surface area contributed by atoms with Crippen molar-refractivity contribution in [2.45, 2.75) is 39.3 Å². The number of benzene rings is 2. The number of nitrogens with zero attached hydrogens (tertiary/aromatic N) is 2. The van der Waals surface area contributed by atoms with Gasteiger partial charge in [0.15, 0.2) is 0 Å². The van der Waals surface area contributed by atoms with E-state index in [0.717, 1.165) is 30.3 Å².